The fraction of sp³-hybridized carbons (Fsp3) is 0.500. The summed E-state index contributed by atoms with van der Waals surface area (Å²) in [6.07, 6.45) is 6.97. The van der Waals surface area contributed by atoms with Gasteiger partial charge < -0.3 is 19.9 Å². The van der Waals surface area contributed by atoms with Crippen LogP contribution in [0, 0.1) is 6.92 Å². The Bertz CT molecular complexity index is 874. The Morgan fingerprint density at radius 1 is 1.19 bits per heavy atom. The zero-order chi connectivity index (χ0) is 19.0. The second-order valence-corrected chi connectivity index (χ2v) is 6.97. The number of nitrogens with one attached hydrogen (secondary N) is 1. The summed E-state index contributed by atoms with van der Waals surface area (Å²) in [5.74, 6) is -0.842. The molecule has 9 nitrogen and oxygen atoms in total. The molecule has 27 heavy (non-hydrogen) atoms. The first-order chi connectivity index (χ1) is 13.1. The summed E-state index contributed by atoms with van der Waals surface area (Å²) in [6.45, 7) is 3.91. The molecule has 0 aliphatic carbocycles. The molecule has 0 bridgehead atoms. The molecule has 0 saturated carbocycles. The molecule has 1 amide bonds. The van der Waals surface area contributed by atoms with Crippen molar-refractivity contribution in [2.45, 2.75) is 38.6 Å². The van der Waals surface area contributed by atoms with Crippen LogP contribution in [0.3, 0.4) is 0 Å². The summed E-state index contributed by atoms with van der Waals surface area (Å²) >= 11 is 0. The summed E-state index contributed by atoms with van der Waals surface area (Å²) in [7, 11) is 0. The zero-order valence-electron chi connectivity index (χ0n) is 15.2. The van der Waals surface area contributed by atoms with Gasteiger partial charge >= 0.3 is 5.97 Å². The molecule has 142 valence electrons. The minimum absolute atomic E-state index is 0.304. The molecule has 4 rings (SSSR count). The molecule has 2 N–H and O–H groups in total. The summed E-state index contributed by atoms with van der Waals surface area (Å²) < 4.78 is 0. The van der Waals surface area contributed by atoms with E-state index in [1.807, 2.05) is 0 Å². The van der Waals surface area contributed by atoms with E-state index in [2.05, 4.69) is 24.8 Å². The number of rotatable bonds is 3. The van der Waals surface area contributed by atoms with E-state index in [1.165, 1.54) is 23.8 Å². The van der Waals surface area contributed by atoms with Crippen molar-refractivity contribution in [2.75, 3.05) is 24.5 Å². The van der Waals surface area contributed by atoms with Crippen molar-refractivity contribution in [3.63, 3.8) is 0 Å². The lowest BCUT2D eigenvalue weighted by Crippen LogP contribution is -2.44. The number of H-pyrrole nitrogens is 1. The molecule has 1 fully saturated rings. The molecule has 2 aliphatic heterocycles. The lowest BCUT2D eigenvalue weighted by atomic mass is 10.0. The monoisotopic (exact) mass is 370 g/mol. The Balaban J connectivity index is 1.61. The van der Waals surface area contributed by atoms with Crippen LogP contribution < -0.4 is 4.90 Å². The van der Waals surface area contributed by atoms with E-state index in [-0.39, 0.29) is 5.91 Å². The number of hydrogen-bond donors (Lipinski definition) is 2. The van der Waals surface area contributed by atoms with Gasteiger partial charge in [-0.2, -0.15) is 0 Å². The maximum Gasteiger partial charge on any atom is 0.332 e. The number of imidazole rings is 1. The first-order valence-corrected chi connectivity index (χ1v) is 9.21. The van der Waals surface area contributed by atoms with Crippen molar-refractivity contribution in [1.29, 1.82) is 0 Å². The van der Waals surface area contributed by atoms with Gasteiger partial charge in [-0.3, -0.25) is 4.79 Å². The number of amides is 1. The third-order valence-corrected chi connectivity index (χ3v) is 5.26. The van der Waals surface area contributed by atoms with Gasteiger partial charge in [0, 0.05) is 37.9 Å². The van der Waals surface area contributed by atoms with Crippen molar-refractivity contribution in [3.05, 3.63) is 35.2 Å². The molecule has 0 radical (unpaired) electrons. The number of aromatic nitrogens is 4. The molecular weight excluding hydrogens is 348 g/mol. The SMILES string of the molecule is Cc1nc(N2CCCCC2)ncc1C(=O)N1CCc2[nH]cnc2C1C(=O)O. The largest absolute Gasteiger partial charge is 0.479 e. The number of aromatic amines is 1. The van der Waals surface area contributed by atoms with Gasteiger partial charge in [-0.1, -0.05) is 0 Å². The zero-order valence-corrected chi connectivity index (χ0v) is 15.2. The molecule has 0 spiro atoms. The summed E-state index contributed by atoms with van der Waals surface area (Å²) in [4.78, 5) is 44.3. The van der Waals surface area contributed by atoms with Gasteiger partial charge in [-0.15, -0.1) is 0 Å². The number of piperidine rings is 1. The van der Waals surface area contributed by atoms with E-state index in [0.717, 1.165) is 31.6 Å². The average Bonchev–Trinajstić information content (AvgIpc) is 3.15. The molecule has 2 aromatic heterocycles. The van der Waals surface area contributed by atoms with Gasteiger partial charge in [0.15, 0.2) is 6.04 Å². The van der Waals surface area contributed by atoms with Crippen LogP contribution in [0.4, 0.5) is 5.95 Å². The molecule has 9 heteroatoms. The minimum atomic E-state index is -1.10. The number of aryl methyl sites for hydroxylation is 1. The van der Waals surface area contributed by atoms with Crippen LogP contribution >= 0.6 is 0 Å². The van der Waals surface area contributed by atoms with Gasteiger partial charge in [-0.05, 0) is 26.2 Å². The number of anilines is 1. The highest BCUT2D eigenvalue weighted by molar-refractivity contribution is 5.97. The van der Waals surface area contributed by atoms with Gasteiger partial charge in [-0.25, -0.2) is 19.7 Å². The summed E-state index contributed by atoms with van der Waals surface area (Å²) in [5.41, 5.74) is 2.05. The van der Waals surface area contributed by atoms with Crippen molar-refractivity contribution >= 4 is 17.8 Å². The number of carboxylic acid groups (broad SMARTS) is 1. The Labute approximate surface area is 156 Å². The number of carbonyl (C=O) groups excluding carboxylic acids is 1. The lowest BCUT2D eigenvalue weighted by Gasteiger charge is -2.32. The highest BCUT2D eigenvalue weighted by Crippen LogP contribution is 2.29. The van der Waals surface area contributed by atoms with Crippen LogP contribution in [0.25, 0.3) is 0 Å². The van der Waals surface area contributed by atoms with Crippen LogP contribution in [0.1, 0.15) is 52.7 Å². The standard InChI is InChI=1S/C18H22N6O3/c1-11-12(9-19-18(22-11)23-6-3-2-4-7-23)16(25)24-8-5-13-14(21-10-20-13)15(24)17(26)27/h9-10,15H,2-8H2,1H3,(H,20,21)(H,26,27). The molecule has 2 aliphatic rings. The quantitative estimate of drug-likeness (QED) is 0.837. The Morgan fingerprint density at radius 2 is 1.96 bits per heavy atom. The van der Waals surface area contributed by atoms with Crippen molar-refractivity contribution in [1.82, 2.24) is 24.8 Å². The predicted molar refractivity (Wildman–Crippen MR) is 96.5 cm³/mol. The maximum absolute atomic E-state index is 13.1. The van der Waals surface area contributed by atoms with Crippen molar-refractivity contribution in [2.24, 2.45) is 0 Å². The Kier molecular flexibility index (Phi) is 4.51. The minimum Gasteiger partial charge on any atom is -0.479 e. The predicted octanol–water partition coefficient (Wildman–Crippen LogP) is 1.32. The molecule has 1 saturated heterocycles. The summed E-state index contributed by atoms with van der Waals surface area (Å²) in [6, 6.07) is -1.10. The van der Waals surface area contributed by atoms with Crippen LogP contribution in [0.15, 0.2) is 12.5 Å². The highest BCUT2D eigenvalue weighted by Gasteiger charge is 2.38. The topological polar surface area (TPSA) is 115 Å². The van der Waals surface area contributed by atoms with Gasteiger partial charge in [0.1, 0.15) is 0 Å². The van der Waals surface area contributed by atoms with E-state index < -0.39 is 12.0 Å². The first kappa shape index (κ1) is 17.4. The van der Waals surface area contributed by atoms with Gasteiger partial charge in [0.2, 0.25) is 5.95 Å². The fourth-order valence-corrected chi connectivity index (χ4v) is 3.81. The number of hydrogen-bond acceptors (Lipinski definition) is 6. The fourth-order valence-electron chi connectivity index (χ4n) is 3.81. The lowest BCUT2D eigenvalue weighted by molar-refractivity contribution is -0.143. The molecule has 1 unspecified atom stereocenters. The van der Waals surface area contributed by atoms with Crippen LogP contribution in [-0.2, 0) is 11.2 Å². The second kappa shape index (κ2) is 6.98. The number of nitrogens with zero attached hydrogens (tertiary/aromatic N) is 5. The number of fused-ring (bicyclic) bond motifs is 1. The van der Waals surface area contributed by atoms with Crippen molar-refractivity contribution < 1.29 is 14.7 Å². The van der Waals surface area contributed by atoms with Crippen molar-refractivity contribution in [3.8, 4) is 0 Å². The third-order valence-electron chi connectivity index (χ3n) is 5.26. The van der Waals surface area contributed by atoms with E-state index in [9.17, 15) is 14.7 Å². The van der Waals surface area contributed by atoms with Crippen LogP contribution in [0.2, 0.25) is 0 Å². The Morgan fingerprint density at radius 3 is 2.67 bits per heavy atom. The van der Waals surface area contributed by atoms with E-state index in [1.54, 1.807) is 6.92 Å². The van der Waals surface area contributed by atoms with E-state index >= 15 is 0 Å². The average molecular weight is 370 g/mol. The highest BCUT2D eigenvalue weighted by atomic mass is 16.4. The Hall–Kier alpha value is -2.97. The number of aliphatic carboxylic acids is 1. The number of carboxylic acids is 1. The van der Waals surface area contributed by atoms with Crippen LogP contribution in [0.5, 0.6) is 0 Å². The smallest absolute Gasteiger partial charge is 0.332 e. The molecule has 1 atom stereocenters. The summed E-state index contributed by atoms with van der Waals surface area (Å²) in [5, 5.41) is 9.67. The first-order valence-electron chi connectivity index (χ1n) is 9.21. The molecular formula is C18H22N6O3. The second-order valence-electron chi connectivity index (χ2n) is 6.97. The van der Waals surface area contributed by atoms with E-state index in [0.29, 0.717) is 35.9 Å². The number of carbonyl (C=O) groups is 2. The maximum atomic E-state index is 13.1. The normalized spacial score (nSPS) is 19.7. The third kappa shape index (κ3) is 3.13. The molecule has 2 aromatic rings. The molecule has 4 heterocycles. The van der Waals surface area contributed by atoms with Gasteiger partial charge in [0.05, 0.1) is 23.3 Å². The molecule has 0 aromatic carbocycles. The van der Waals surface area contributed by atoms with E-state index in [4.69, 9.17) is 0 Å². The van der Waals surface area contributed by atoms with Gasteiger partial charge in [0.25, 0.3) is 5.91 Å². The van der Waals surface area contributed by atoms with Crippen LogP contribution in [-0.4, -0.2) is 61.5 Å².